The van der Waals surface area contributed by atoms with Gasteiger partial charge < -0.3 is 20.1 Å². The molecule has 0 aliphatic carbocycles. The van der Waals surface area contributed by atoms with Gasteiger partial charge in [-0.2, -0.15) is 0 Å². The second kappa shape index (κ2) is 8.05. The number of ether oxygens (including phenoxy) is 2. The number of primary amides is 1. The Morgan fingerprint density at radius 3 is 2.54 bits per heavy atom. The minimum Gasteiger partial charge on any atom is -0.497 e. The van der Waals surface area contributed by atoms with Gasteiger partial charge in [0.05, 0.1) is 14.2 Å². The third-order valence-corrected chi connectivity index (χ3v) is 4.61. The highest BCUT2D eigenvalue weighted by molar-refractivity contribution is 5.91. The van der Waals surface area contributed by atoms with Crippen molar-refractivity contribution in [3.63, 3.8) is 0 Å². The molecule has 26 heavy (non-hydrogen) atoms. The third kappa shape index (κ3) is 4.05. The van der Waals surface area contributed by atoms with Crippen molar-refractivity contribution in [2.24, 2.45) is 5.73 Å². The number of aromatic nitrogens is 1. The number of anilines is 1. The zero-order valence-electron chi connectivity index (χ0n) is 15.1. The van der Waals surface area contributed by atoms with Crippen LogP contribution in [0.3, 0.4) is 0 Å². The van der Waals surface area contributed by atoms with E-state index in [-0.39, 0.29) is 0 Å². The molecule has 0 unspecified atom stereocenters. The van der Waals surface area contributed by atoms with E-state index in [1.165, 1.54) is 0 Å². The molecule has 0 bridgehead atoms. The van der Waals surface area contributed by atoms with Crippen LogP contribution in [-0.2, 0) is 6.54 Å². The lowest BCUT2D eigenvalue weighted by molar-refractivity contribution is 0.0995. The Bertz CT molecular complexity index is 773. The molecular formula is C19H24N4O3. The number of rotatable bonds is 6. The Morgan fingerprint density at radius 1 is 1.12 bits per heavy atom. The van der Waals surface area contributed by atoms with Gasteiger partial charge in [-0.3, -0.25) is 14.7 Å². The van der Waals surface area contributed by atoms with Gasteiger partial charge in [-0.1, -0.05) is 0 Å². The predicted octanol–water partition coefficient (Wildman–Crippen LogP) is 1.52. The van der Waals surface area contributed by atoms with E-state index in [0.717, 1.165) is 55.5 Å². The number of methoxy groups -OCH3 is 2. The standard InChI is InChI=1S/C19H24N4O3/c1-25-16-3-4-18(26-2)14(11-16)13-22-7-9-23(10-8-22)15-5-6-21-17(12-15)19(20)24/h3-6,11-12H,7-10,13H2,1-2H3,(H2,20,24). The summed E-state index contributed by atoms with van der Waals surface area (Å²) < 4.78 is 10.8. The third-order valence-electron chi connectivity index (χ3n) is 4.61. The van der Waals surface area contributed by atoms with Crippen molar-refractivity contribution in [1.29, 1.82) is 0 Å². The Balaban J connectivity index is 1.64. The molecule has 2 aromatic rings. The number of hydrogen-bond acceptors (Lipinski definition) is 6. The number of hydrogen-bond donors (Lipinski definition) is 1. The van der Waals surface area contributed by atoms with Crippen LogP contribution >= 0.6 is 0 Å². The molecule has 3 rings (SSSR count). The fourth-order valence-electron chi connectivity index (χ4n) is 3.16. The molecule has 1 aliphatic heterocycles. The first-order valence-electron chi connectivity index (χ1n) is 8.55. The number of amides is 1. The number of benzene rings is 1. The second-order valence-electron chi connectivity index (χ2n) is 6.20. The van der Waals surface area contributed by atoms with Crippen molar-refractivity contribution in [3.8, 4) is 11.5 Å². The maximum absolute atomic E-state index is 11.3. The van der Waals surface area contributed by atoms with E-state index in [0.29, 0.717) is 5.69 Å². The van der Waals surface area contributed by atoms with Gasteiger partial charge in [0.1, 0.15) is 17.2 Å². The number of piperazine rings is 1. The normalized spacial score (nSPS) is 14.9. The highest BCUT2D eigenvalue weighted by atomic mass is 16.5. The number of nitrogens with zero attached hydrogens (tertiary/aromatic N) is 3. The maximum Gasteiger partial charge on any atom is 0.267 e. The van der Waals surface area contributed by atoms with Crippen LogP contribution in [0.5, 0.6) is 11.5 Å². The Labute approximate surface area is 153 Å². The predicted molar refractivity (Wildman–Crippen MR) is 99.8 cm³/mol. The first kappa shape index (κ1) is 18.0. The van der Waals surface area contributed by atoms with Crippen molar-refractivity contribution in [2.75, 3.05) is 45.3 Å². The van der Waals surface area contributed by atoms with Crippen molar-refractivity contribution in [1.82, 2.24) is 9.88 Å². The molecular weight excluding hydrogens is 332 g/mol. The number of carbonyl (C=O) groups is 1. The fourth-order valence-corrected chi connectivity index (χ4v) is 3.16. The van der Waals surface area contributed by atoms with Crippen LogP contribution in [0.2, 0.25) is 0 Å². The summed E-state index contributed by atoms with van der Waals surface area (Å²) in [4.78, 5) is 19.9. The molecule has 138 valence electrons. The average Bonchev–Trinajstić information content (AvgIpc) is 2.68. The van der Waals surface area contributed by atoms with Gasteiger partial charge in [0.25, 0.3) is 5.91 Å². The van der Waals surface area contributed by atoms with Gasteiger partial charge in [-0.25, -0.2) is 0 Å². The number of nitrogens with two attached hydrogens (primary N) is 1. The Hall–Kier alpha value is -2.80. The highest BCUT2D eigenvalue weighted by Crippen LogP contribution is 2.26. The monoisotopic (exact) mass is 356 g/mol. The zero-order chi connectivity index (χ0) is 18.5. The van der Waals surface area contributed by atoms with E-state index in [2.05, 4.69) is 14.8 Å². The van der Waals surface area contributed by atoms with Gasteiger partial charge in [-0.15, -0.1) is 0 Å². The molecule has 0 radical (unpaired) electrons. The van der Waals surface area contributed by atoms with E-state index in [4.69, 9.17) is 15.2 Å². The van der Waals surface area contributed by atoms with E-state index < -0.39 is 5.91 Å². The molecule has 7 nitrogen and oxygen atoms in total. The van der Waals surface area contributed by atoms with Gasteiger partial charge in [0.2, 0.25) is 0 Å². The molecule has 0 saturated carbocycles. The molecule has 1 saturated heterocycles. The summed E-state index contributed by atoms with van der Waals surface area (Å²) in [6.45, 7) is 4.36. The molecule has 2 heterocycles. The Morgan fingerprint density at radius 2 is 1.88 bits per heavy atom. The van der Waals surface area contributed by atoms with E-state index >= 15 is 0 Å². The Kier molecular flexibility index (Phi) is 5.58. The first-order valence-corrected chi connectivity index (χ1v) is 8.55. The van der Waals surface area contributed by atoms with Crippen molar-refractivity contribution >= 4 is 11.6 Å². The van der Waals surface area contributed by atoms with Gasteiger partial charge >= 0.3 is 0 Å². The summed E-state index contributed by atoms with van der Waals surface area (Å²) in [5.41, 5.74) is 7.71. The molecule has 1 aliphatic rings. The summed E-state index contributed by atoms with van der Waals surface area (Å²) in [6.07, 6.45) is 1.63. The van der Waals surface area contributed by atoms with E-state index in [9.17, 15) is 4.79 Å². The van der Waals surface area contributed by atoms with E-state index in [1.54, 1.807) is 26.5 Å². The van der Waals surface area contributed by atoms with Gasteiger partial charge in [0, 0.05) is 50.2 Å². The maximum atomic E-state index is 11.3. The molecule has 0 spiro atoms. The molecule has 0 atom stereocenters. The molecule has 7 heteroatoms. The van der Waals surface area contributed by atoms with Gasteiger partial charge in [0.15, 0.2) is 0 Å². The first-order chi connectivity index (χ1) is 12.6. The highest BCUT2D eigenvalue weighted by Gasteiger charge is 2.19. The lowest BCUT2D eigenvalue weighted by Crippen LogP contribution is -2.46. The van der Waals surface area contributed by atoms with E-state index in [1.807, 2.05) is 24.3 Å². The summed E-state index contributed by atoms with van der Waals surface area (Å²) in [7, 11) is 3.35. The lowest BCUT2D eigenvalue weighted by atomic mass is 10.1. The summed E-state index contributed by atoms with van der Waals surface area (Å²) >= 11 is 0. The zero-order valence-corrected chi connectivity index (χ0v) is 15.1. The molecule has 1 amide bonds. The van der Waals surface area contributed by atoms with Crippen LogP contribution < -0.4 is 20.1 Å². The topological polar surface area (TPSA) is 80.9 Å². The lowest BCUT2D eigenvalue weighted by Gasteiger charge is -2.36. The fraction of sp³-hybridized carbons (Fsp3) is 0.368. The second-order valence-corrected chi connectivity index (χ2v) is 6.20. The minimum atomic E-state index is -0.504. The number of pyridine rings is 1. The van der Waals surface area contributed by atoms with Crippen LogP contribution in [0.4, 0.5) is 5.69 Å². The van der Waals surface area contributed by atoms with Crippen LogP contribution in [0, 0.1) is 0 Å². The quantitative estimate of drug-likeness (QED) is 0.845. The summed E-state index contributed by atoms with van der Waals surface area (Å²) in [5.74, 6) is 1.19. The van der Waals surface area contributed by atoms with Crippen molar-refractivity contribution < 1.29 is 14.3 Å². The SMILES string of the molecule is COc1ccc(OC)c(CN2CCN(c3ccnc(C(N)=O)c3)CC2)c1. The largest absolute Gasteiger partial charge is 0.497 e. The summed E-state index contributed by atoms with van der Waals surface area (Å²) in [5, 5.41) is 0. The molecule has 1 aromatic heterocycles. The van der Waals surface area contributed by atoms with Crippen molar-refractivity contribution in [3.05, 3.63) is 47.8 Å². The summed E-state index contributed by atoms with van der Waals surface area (Å²) in [6, 6.07) is 9.52. The molecule has 1 fully saturated rings. The van der Waals surface area contributed by atoms with Gasteiger partial charge in [-0.05, 0) is 30.3 Å². The average molecular weight is 356 g/mol. The van der Waals surface area contributed by atoms with Crippen molar-refractivity contribution in [2.45, 2.75) is 6.54 Å². The minimum absolute atomic E-state index is 0.297. The smallest absolute Gasteiger partial charge is 0.267 e. The van der Waals surface area contributed by atoms with Crippen LogP contribution in [-0.4, -0.2) is 56.2 Å². The molecule has 2 N–H and O–H groups in total. The van der Waals surface area contributed by atoms with Crippen LogP contribution in [0.15, 0.2) is 36.5 Å². The van der Waals surface area contributed by atoms with Crippen LogP contribution in [0.25, 0.3) is 0 Å². The van der Waals surface area contributed by atoms with Crippen LogP contribution in [0.1, 0.15) is 16.1 Å². The molecule has 1 aromatic carbocycles. The number of carbonyl (C=O) groups excluding carboxylic acids is 1.